The average molecular weight is 738 g/mol. The van der Waals surface area contributed by atoms with Gasteiger partial charge < -0.3 is 4.90 Å². The summed E-state index contributed by atoms with van der Waals surface area (Å²) >= 11 is 0. The highest BCUT2D eigenvalue weighted by Gasteiger charge is 2.63. The number of nitrogens with zero attached hydrogens (tertiary/aromatic N) is 1. The van der Waals surface area contributed by atoms with Crippen molar-refractivity contribution in [2.75, 3.05) is 4.90 Å². The molecule has 0 radical (unpaired) electrons. The van der Waals surface area contributed by atoms with Gasteiger partial charge in [-0.1, -0.05) is 117 Å². The second-order valence-corrected chi connectivity index (χ2v) is 20.5. The lowest BCUT2D eigenvalue weighted by Gasteiger charge is -2.61. The van der Waals surface area contributed by atoms with Crippen molar-refractivity contribution < 1.29 is 0 Å². The van der Waals surface area contributed by atoms with E-state index in [1.54, 1.807) is 22.3 Å². The Kier molecular flexibility index (Phi) is 6.08. The van der Waals surface area contributed by atoms with Crippen LogP contribution in [0.1, 0.15) is 105 Å². The van der Waals surface area contributed by atoms with Crippen molar-refractivity contribution >= 4 is 17.1 Å². The predicted molar refractivity (Wildman–Crippen MR) is 234 cm³/mol. The quantitative estimate of drug-likeness (QED) is 0.175. The lowest BCUT2D eigenvalue weighted by Crippen LogP contribution is -2.55. The Morgan fingerprint density at radius 1 is 0.439 bits per heavy atom. The van der Waals surface area contributed by atoms with Crippen LogP contribution in [0.3, 0.4) is 0 Å². The van der Waals surface area contributed by atoms with Crippen molar-refractivity contribution in [2.45, 2.75) is 87.9 Å². The van der Waals surface area contributed by atoms with Crippen LogP contribution >= 0.6 is 0 Å². The molecule has 6 bridgehead atoms. The lowest BCUT2D eigenvalue weighted by molar-refractivity contribution is -0.0397. The summed E-state index contributed by atoms with van der Waals surface area (Å²) in [7, 11) is 0. The van der Waals surface area contributed by atoms with Gasteiger partial charge in [0.2, 0.25) is 0 Å². The highest BCUT2D eigenvalue weighted by molar-refractivity contribution is 5.94. The number of anilines is 3. The third-order valence-electron chi connectivity index (χ3n) is 17.9. The van der Waals surface area contributed by atoms with Gasteiger partial charge in [-0.25, -0.2) is 0 Å². The van der Waals surface area contributed by atoms with Crippen molar-refractivity contribution in [1.82, 2.24) is 0 Å². The molecule has 1 nitrogen and oxygen atoms in total. The zero-order chi connectivity index (χ0) is 37.4. The summed E-state index contributed by atoms with van der Waals surface area (Å²) in [4.78, 5) is 2.76. The molecule has 0 aliphatic heterocycles. The SMILES string of the molecule is CC1(C)c2ccccc2-c2ccc(N(c3ccc4c(c3)C3(CC5CCC3C5)c3ccccc3-4)c3cccc4c3C3(c5ccccc5-4)C4CC5CC(C4)CC3C5)cc21. The maximum atomic E-state index is 2.76. The lowest BCUT2D eigenvalue weighted by atomic mass is 9.43. The molecule has 9 aliphatic carbocycles. The Hall–Kier alpha value is -4.88. The van der Waals surface area contributed by atoms with E-state index in [0.29, 0.717) is 11.8 Å². The van der Waals surface area contributed by atoms with Crippen molar-refractivity contribution in [2.24, 2.45) is 35.5 Å². The number of fused-ring (bicyclic) bond motifs is 14. The number of rotatable bonds is 3. The molecular formula is C56H51N. The second kappa shape index (κ2) is 10.8. The fourth-order valence-electron chi connectivity index (χ4n) is 16.2. The molecule has 6 fully saturated rings. The molecule has 0 amide bonds. The third-order valence-corrected chi connectivity index (χ3v) is 17.9. The fraction of sp³-hybridized carbons (Fsp3) is 0.357. The summed E-state index contributed by atoms with van der Waals surface area (Å²) in [6.45, 7) is 4.88. The summed E-state index contributed by atoms with van der Waals surface area (Å²) in [5, 5.41) is 0. The Balaban J connectivity index is 1.04. The average Bonchev–Trinajstić information content (AvgIpc) is 4.03. The first kappa shape index (κ1) is 32.1. The number of hydrogen-bond donors (Lipinski definition) is 0. The highest BCUT2D eigenvalue weighted by Crippen LogP contribution is 2.72. The maximum absolute atomic E-state index is 2.76. The first-order valence-electron chi connectivity index (χ1n) is 22.5. The summed E-state index contributed by atoms with van der Waals surface area (Å²) in [5.41, 5.74) is 22.3. The molecule has 3 atom stereocenters. The van der Waals surface area contributed by atoms with Gasteiger partial charge >= 0.3 is 0 Å². The van der Waals surface area contributed by atoms with Gasteiger partial charge in [0.1, 0.15) is 0 Å². The maximum Gasteiger partial charge on any atom is 0.0509 e. The van der Waals surface area contributed by atoms with Gasteiger partial charge in [0.25, 0.3) is 0 Å². The summed E-state index contributed by atoms with van der Waals surface area (Å²) in [6.07, 6.45) is 12.5. The van der Waals surface area contributed by atoms with Crippen LogP contribution in [0.15, 0.2) is 127 Å². The Bertz CT molecular complexity index is 2700. The first-order valence-corrected chi connectivity index (χ1v) is 22.5. The van der Waals surface area contributed by atoms with Gasteiger partial charge in [0.15, 0.2) is 0 Å². The molecule has 9 aliphatic rings. The van der Waals surface area contributed by atoms with Crippen molar-refractivity contribution in [3.63, 3.8) is 0 Å². The van der Waals surface area contributed by atoms with Gasteiger partial charge in [0, 0.05) is 27.6 Å². The number of hydrogen-bond acceptors (Lipinski definition) is 1. The van der Waals surface area contributed by atoms with Crippen molar-refractivity contribution in [3.8, 4) is 33.4 Å². The second-order valence-electron chi connectivity index (χ2n) is 20.5. The molecule has 6 saturated carbocycles. The summed E-state index contributed by atoms with van der Waals surface area (Å²) in [5.74, 6) is 4.82. The zero-order valence-corrected chi connectivity index (χ0v) is 33.4. The Labute approximate surface area is 338 Å². The van der Waals surface area contributed by atoms with E-state index in [9.17, 15) is 0 Å². The molecular weight excluding hydrogens is 687 g/mol. The normalized spacial score (nSPS) is 31.7. The van der Waals surface area contributed by atoms with Gasteiger partial charge in [-0.05, 0) is 184 Å². The zero-order valence-electron chi connectivity index (χ0n) is 33.4. The van der Waals surface area contributed by atoms with E-state index in [1.807, 2.05) is 0 Å². The molecule has 0 N–H and O–H groups in total. The van der Waals surface area contributed by atoms with Crippen molar-refractivity contribution in [3.05, 3.63) is 161 Å². The minimum absolute atomic E-state index is 0.0687. The molecule has 3 unspecified atom stereocenters. The number of benzene rings is 6. The van der Waals surface area contributed by atoms with Gasteiger partial charge in [-0.15, -0.1) is 0 Å². The summed E-state index contributed by atoms with van der Waals surface area (Å²) in [6, 6.07) is 51.0. The van der Waals surface area contributed by atoms with Crippen LogP contribution in [0.4, 0.5) is 17.1 Å². The molecule has 0 aromatic heterocycles. The largest absolute Gasteiger partial charge is 0.310 e. The minimum atomic E-state index is -0.0716. The Morgan fingerprint density at radius 3 is 1.65 bits per heavy atom. The molecule has 6 aromatic rings. The van der Waals surface area contributed by atoms with E-state index < -0.39 is 0 Å². The van der Waals surface area contributed by atoms with E-state index in [1.165, 1.54) is 119 Å². The van der Waals surface area contributed by atoms with Crippen LogP contribution < -0.4 is 4.90 Å². The highest BCUT2D eigenvalue weighted by atomic mass is 15.1. The molecule has 15 rings (SSSR count). The van der Waals surface area contributed by atoms with Crippen molar-refractivity contribution in [1.29, 1.82) is 0 Å². The van der Waals surface area contributed by atoms with Gasteiger partial charge in [0.05, 0.1) is 5.69 Å². The third kappa shape index (κ3) is 3.80. The van der Waals surface area contributed by atoms with E-state index in [4.69, 9.17) is 0 Å². The standard InChI is InChI=1S/C56H51N/c1-54(2)47-14-6-3-10-41(47)44-22-20-39(30-50(44)54)57(40-21-23-45-42-11-4-7-15-48(42)55(51(45)31-40)32-33-18-19-36(55)25-33)52-17-9-13-46-43-12-5-8-16-49(43)56(53(46)52)37-26-34-24-35(28-37)29-38(56)27-34/h3-17,20-23,30-31,33-38H,18-19,24-29,32H2,1-2H3. The van der Waals surface area contributed by atoms with E-state index in [0.717, 1.165) is 23.7 Å². The minimum Gasteiger partial charge on any atom is -0.310 e. The molecule has 1 heteroatoms. The molecule has 0 heterocycles. The molecule has 280 valence electrons. The van der Waals surface area contributed by atoms with Crippen LogP contribution in [-0.2, 0) is 16.2 Å². The molecule has 57 heavy (non-hydrogen) atoms. The van der Waals surface area contributed by atoms with Gasteiger partial charge in [-0.2, -0.15) is 0 Å². The van der Waals surface area contributed by atoms with Crippen LogP contribution in [0.25, 0.3) is 33.4 Å². The monoisotopic (exact) mass is 737 g/mol. The smallest absolute Gasteiger partial charge is 0.0509 e. The molecule has 0 saturated heterocycles. The van der Waals surface area contributed by atoms with Crippen LogP contribution in [0, 0.1) is 35.5 Å². The van der Waals surface area contributed by atoms with Crippen LogP contribution in [0.2, 0.25) is 0 Å². The van der Waals surface area contributed by atoms with Crippen LogP contribution in [-0.4, -0.2) is 0 Å². The summed E-state index contributed by atoms with van der Waals surface area (Å²) < 4.78 is 0. The Morgan fingerprint density at radius 2 is 0.982 bits per heavy atom. The van der Waals surface area contributed by atoms with Crippen LogP contribution in [0.5, 0.6) is 0 Å². The topological polar surface area (TPSA) is 3.24 Å². The van der Waals surface area contributed by atoms with E-state index >= 15 is 0 Å². The molecule has 6 aromatic carbocycles. The fourth-order valence-corrected chi connectivity index (χ4v) is 16.2. The van der Waals surface area contributed by atoms with E-state index in [-0.39, 0.29) is 16.2 Å². The first-order chi connectivity index (χ1) is 27.9. The molecule has 2 spiro atoms. The van der Waals surface area contributed by atoms with Gasteiger partial charge in [-0.3, -0.25) is 0 Å². The van der Waals surface area contributed by atoms with E-state index in [2.05, 4.69) is 146 Å². The predicted octanol–water partition coefficient (Wildman–Crippen LogP) is 14.3.